The van der Waals surface area contributed by atoms with E-state index in [1.165, 1.54) is 0 Å². The van der Waals surface area contributed by atoms with Crippen LogP contribution in [0.3, 0.4) is 0 Å². The number of rotatable bonds is 0. The van der Waals surface area contributed by atoms with Gasteiger partial charge in [-0.25, -0.2) is 0 Å². The summed E-state index contributed by atoms with van der Waals surface area (Å²) in [4.78, 5) is 0. The standard InChI is InChI=1S/C11H12ClNO/c1-11(2,3)8-4-7(6-13)10(14)9(12)5-8/h4-5,14H,1-3H3. The maximum absolute atomic E-state index is 9.43. The number of halogens is 1. The molecule has 1 aromatic rings. The van der Waals surface area contributed by atoms with Gasteiger partial charge in [0.25, 0.3) is 0 Å². The molecule has 0 bridgehead atoms. The van der Waals surface area contributed by atoms with Crippen molar-refractivity contribution >= 4 is 11.6 Å². The van der Waals surface area contributed by atoms with Crippen LogP contribution in [0.15, 0.2) is 12.1 Å². The Morgan fingerprint density at radius 2 is 1.93 bits per heavy atom. The molecule has 0 heterocycles. The molecule has 1 aromatic carbocycles. The Kier molecular flexibility index (Phi) is 2.73. The summed E-state index contributed by atoms with van der Waals surface area (Å²) in [5, 5.41) is 18.4. The van der Waals surface area contributed by atoms with E-state index in [1.54, 1.807) is 12.1 Å². The topological polar surface area (TPSA) is 44.0 Å². The highest BCUT2D eigenvalue weighted by atomic mass is 35.5. The monoisotopic (exact) mass is 209 g/mol. The van der Waals surface area contributed by atoms with Gasteiger partial charge in [0.05, 0.1) is 10.6 Å². The van der Waals surface area contributed by atoms with Crippen LogP contribution in [0.1, 0.15) is 31.9 Å². The van der Waals surface area contributed by atoms with Gasteiger partial charge in [-0.05, 0) is 23.1 Å². The Hall–Kier alpha value is -1.20. The first kappa shape index (κ1) is 10.9. The summed E-state index contributed by atoms with van der Waals surface area (Å²) in [5.74, 6) is -0.137. The zero-order valence-electron chi connectivity index (χ0n) is 8.43. The molecule has 0 unspecified atom stereocenters. The molecule has 1 N–H and O–H groups in total. The Balaban J connectivity index is 3.40. The SMILES string of the molecule is CC(C)(C)c1cc(Cl)c(O)c(C#N)c1. The van der Waals surface area contributed by atoms with Gasteiger partial charge in [0.2, 0.25) is 0 Å². The highest BCUT2D eigenvalue weighted by Crippen LogP contribution is 2.33. The second kappa shape index (κ2) is 3.51. The number of phenols is 1. The van der Waals surface area contributed by atoms with Crippen LogP contribution in [-0.4, -0.2) is 5.11 Å². The average Bonchev–Trinajstić information content (AvgIpc) is 2.07. The van der Waals surface area contributed by atoms with E-state index in [0.29, 0.717) is 0 Å². The molecule has 0 aromatic heterocycles. The van der Waals surface area contributed by atoms with E-state index >= 15 is 0 Å². The maximum Gasteiger partial charge on any atom is 0.151 e. The van der Waals surface area contributed by atoms with Crippen molar-refractivity contribution in [1.82, 2.24) is 0 Å². The lowest BCUT2D eigenvalue weighted by molar-refractivity contribution is 0.472. The van der Waals surface area contributed by atoms with E-state index in [0.717, 1.165) is 5.56 Å². The number of nitrogens with zero attached hydrogens (tertiary/aromatic N) is 1. The molecule has 0 amide bonds. The summed E-state index contributed by atoms with van der Waals surface area (Å²) in [5.41, 5.74) is 1.09. The third kappa shape index (κ3) is 2.00. The van der Waals surface area contributed by atoms with Crippen molar-refractivity contribution in [1.29, 1.82) is 5.26 Å². The fourth-order valence-corrected chi connectivity index (χ4v) is 1.34. The molecule has 1 rings (SSSR count). The molecule has 0 aliphatic carbocycles. The minimum atomic E-state index is -0.137. The molecule has 0 fully saturated rings. The number of hydrogen-bond donors (Lipinski definition) is 1. The van der Waals surface area contributed by atoms with E-state index in [9.17, 15) is 5.11 Å². The van der Waals surface area contributed by atoms with Crippen molar-refractivity contribution in [3.63, 3.8) is 0 Å². The van der Waals surface area contributed by atoms with Crippen molar-refractivity contribution in [3.05, 3.63) is 28.3 Å². The third-order valence-electron chi connectivity index (χ3n) is 2.05. The summed E-state index contributed by atoms with van der Waals surface area (Å²) in [6.07, 6.45) is 0. The van der Waals surface area contributed by atoms with E-state index in [2.05, 4.69) is 0 Å². The van der Waals surface area contributed by atoms with Gasteiger partial charge < -0.3 is 5.11 Å². The van der Waals surface area contributed by atoms with Crippen LogP contribution in [0, 0.1) is 11.3 Å². The van der Waals surface area contributed by atoms with Crippen molar-refractivity contribution in [2.75, 3.05) is 0 Å². The number of aromatic hydroxyl groups is 1. The second-order valence-electron chi connectivity index (χ2n) is 4.22. The van der Waals surface area contributed by atoms with Gasteiger partial charge in [-0.2, -0.15) is 5.26 Å². The highest BCUT2D eigenvalue weighted by molar-refractivity contribution is 6.32. The first-order chi connectivity index (χ1) is 6.36. The molecule has 0 atom stereocenters. The Bertz CT molecular complexity index is 399. The van der Waals surface area contributed by atoms with E-state index in [-0.39, 0.29) is 21.8 Å². The Morgan fingerprint density at radius 3 is 2.36 bits per heavy atom. The molecule has 0 saturated heterocycles. The average molecular weight is 210 g/mol. The molecule has 14 heavy (non-hydrogen) atoms. The van der Waals surface area contributed by atoms with E-state index in [1.807, 2.05) is 26.8 Å². The van der Waals surface area contributed by atoms with Crippen molar-refractivity contribution in [2.24, 2.45) is 0 Å². The second-order valence-corrected chi connectivity index (χ2v) is 4.62. The van der Waals surface area contributed by atoms with Crippen LogP contribution < -0.4 is 0 Å². The van der Waals surface area contributed by atoms with E-state index < -0.39 is 0 Å². The van der Waals surface area contributed by atoms with Crippen LogP contribution in [0.5, 0.6) is 5.75 Å². The van der Waals surface area contributed by atoms with Crippen LogP contribution in [0.2, 0.25) is 5.02 Å². The number of benzene rings is 1. The fourth-order valence-electron chi connectivity index (χ4n) is 1.12. The number of phenolic OH excluding ortho intramolecular Hbond substituents is 1. The lowest BCUT2D eigenvalue weighted by atomic mass is 9.86. The number of nitriles is 1. The van der Waals surface area contributed by atoms with Gasteiger partial charge in [0.1, 0.15) is 6.07 Å². The maximum atomic E-state index is 9.43. The molecule has 0 aliphatic rings. The predicted octanol–water partition coefficient (Wildman–Crippen LogP) is 3.21. The summed E-state index contributed by atoms with van der Waals surface area (Å²) >= 11 is 5.80. The molecule has 3 heteroatoms. The molecule has 0 radical (unpaired) electrons. The van der Waals surface area contributed by atoms with Crippen molar-refractivity contribution in [2.45, 2.75) is 26.2 Å². The smallest absolute Gasteiger partial charge is 0.151 e. The predicted molar refractivity (Wildman–Crippen MR) is 56.5 cm³/mol. The van der Waals surface area contributed by atoms with Crippen LogP contribution in [0.25, 0.3) is 0 Å². The summed E-state index contributed by atoms with van der Waals surface area (Å²) in [7, 11) is 0. The lowest BCUT2D eigenvalue weighted by Gasteiger charge is -2.19. The minimum absolute atomic E-state index is 0.0804. The van der Waals surface area contributed by atoms with E-state index in [4.69, 9.17) is 16.9 Å². The molecule has 74 valence electrons. The molecule has 0 spiro atoms. The normalized spacial score (nSPS) is 11.1. The van der Waals surface area contributed by atoms with Gasteiger partial charge in [0.15, 0.2) is 5.75 Å². The Labute approximate surface area is 88.7 Å². The first-order valence-corrected chi connectivity index (χ1v) is 4.67. The Morgan fingerprint density at radius 1 is 1.36 bits per heavy atom. The van der Waals surface area contributed by atoms with Crippen LogP contribution >= 0.6 is 11.6 Å². The zero-order valence-corrected chi connectivity index (χ0v) is 9.18. The molecule has 0 saturated carbocycles. The zero-order chi connectivity index (χ0) is 10.9. The van der Waals surface area contributed by atoms with Gasteiger partial charge in [-0.1, -0.05) is 32.4 Å². The summed E-state index contributed by atoms with van der Waals surface area (Å²) in [6.45, 7) is 6.07. The minimum Gasteiger partial charge on any atom is -0.505 e. The molecular weight excluding hydrogens is 198 g/mol. The largest absolute Gasteiger partial charge is 0.505 e. The summed E-state index contributed by atoms with van der Waals surface area (Å²) in [6, 6.07) is 5.27. The van der Waals surface area contributed by atoms with Gasteiger partial charge in [-0.3, -0.25) is 0 Å². The lowest BCUT2D eigenvalue weighted by Crippen LogP contribution is -2.11. The number of hydrogen-bond acceptors (Lipinski definition) is 2. The summed E-state index contributed by atoms with van der Waals surface area (Å²) < 4.78 is 0. The highest BCUT2D eigenvalue weighted by Gasteiger charge is 2.17. The van der Waals surface area contributed by atoms with Crippen LogP contribution in [-0.2, 0) is 5.41 Å². The van der Waals surface area contributed by atoms with Gasteiger partial charge in [-0.15, -0.1) is 0 Å². The molecule has 2 nitrogen and oxygen atoms in total. The third-order valence-corrected chi connectivity index (χ3v) is 2.34. The fraction of sp³-hybridized carbons (Fsp3) is 0.364. The van der Waals surface area contributed by atoms with Gasteiger partial charge >= 0.3 is 0 Å². The quantitative estimate of drug-likeness (QED) is 0.713. The first-order valence-electron chi connectivity index (χ1n) is 4.29. The van der Waals surface area contributed by atoms with Gasteiger partial charge in [0, 0.05) is 0 Å². The molecule has 0 aliphatic heterocycles. The van der Waals surface area contributed by atoms with Crippen molar-refractivity contribution in [3.8, 4) is 11.8 Å². The van der Waals surface area contributed by atoms with Crippen molar-refractivity contribution < 1.29 is 5.11 Å². The molecular formula is C11H12ClNO. The van der Waals surface area contributed by atoms with Crippen LogP contribution in [0.4, 0.5) is 0 Å².